The van der Waals surface area contributed by atoms with Gasteiger partial charge in [-0.25, -0.2) is 4.79 Å². The molecule has 1 heterocycles. The van der Waals surface area contributed by atoms with Crippen LogP contribution in [-0.2, 0) is 4.79 Å². The van der Waals surface area contributed by atoms with Crippen LogP contribution in [-0.4, -0.2) is 46.9 Å². The molecule has 2 rings (SSSR count). The summed E-state index contributed by atoms with van der Waals surface area (Å²) in [6.45, 7) is -0.216. The summed E-state index contributed by atoms with van der Waals surface area (Å²) in [6, 6.07) is 7.73. The predicted molar refractivity (Wildman–Crippen MR) is 83.7 cm³/mol. The van der Waals surface area contributed by atoms with Crippen molar-refractivity contribution in [2.45, 2.75) is 12.5 Å². The van der Waals surface area contributed by atoms with Gasteiger partial charge in [-0.05, 0) is 18.6 Å². The highest BCUT2D eigenvalue weighted by atomic mass is 79.9. The summed E-state index contributed by atoms with van der Waals surface area (Å²) in [5, 5.41) is 20.4. The molecule has 120 valence electrons. The molecular formula is C15H14BrN3O4. The molecule has 7 nitrogen and oxygen atoms in total. The van der Waals surface area contributed by atoms with Crippen molar-refractivity contribution in [2.24, 2.45) is 5.92 Å². The van der Waals surface area contributed by atoms with Gasteiger partial charge in [0, 0.05) is 16.6 Å². The lowest BCUT2D eigenvalue weighted by atomic mass is 10.1. The molecule has 1 aliphatic rings. The highest BCUT2D eigenvalue weighted by Gasteiger charge is 2.39. The van der Waals surface area contributed by atoms with E-state index in [1.807, 2.05) is 6.07 Å². The van der Waals surface area contributed by atoms with Gasteiger partial charge in [0.25, 0.3) is 0 Å². The smallest absolute Gasteiger partial charge is 0.408 e. The summed E-state index contributed by atoms with van der Waals surface area (Å²) in [5.74, 6) is -1.35. The first-order chi connectivity index (χ1) is 10.9. The second kappa shape index (κ2) is 7.24. The van der Waals surface area contributed by atoms with Crippen LogP contribution in [0.5, 0.6) is 0 Å². The fourth-order valence-corrected chi connectivity index (χ4v) is 2.68. The maximum Gasteiger partial charge on any atom is 0.408 e. The number of halogens is 1. The molecule has 1 fully saturated rings. The third kappa shape index (κ3) is 4.07. The Bertz CT molecular complexity index is 668. The summed E-state index contributed by atoms with van der Waals surface area (Å²) in [6.07, 6.45) is -1.11. The number of nitrogens with zero attached hydrogens (tertiary/aromatic N) is 2. The van der Waals surface area contributed by atoms with Crippen molar-refractivity contribution < 1.29 is 19.5 Å². The number of nitriles is 1. The fourth-order valence-electron chi connectivity index (χ4n) is 2.41. The molecule has 1 aromatic carbocycles. The third-order valence-corrected chi connectivity index (χ3v) is 4.15. The molecule has 0 radical (unpaired) electrons. The number of carboxylic acid groups (broad SMARTS) is 1. The molecule has 2 amide bonds. The molecule has 23 heavy (non-hydrogen) atoms. The molecule has 2 atom stereocenters. The van der Waals surface area contributed by atoms with Gasteiger partial charge < -0.3 is 10.4 Å². The Balaban J connectivity index is 1.96. The van der Waals surface area contributed by atoms with E-state index in [4.69, 9.17) is 10.4 Å². The number of rotatable bonds is 4. The van der Waals surface area contributed by atoms with E-state index >= 15 is 0 Å². The minimum atomic E-state index is -1.25. The highest BCUT2D eigenvalue weighted by molar-refractivity contribution is 9.10. The minimum Gasteiger partial charge on any atom is -0.465 e. The van der Waals surface area contributed by atoms with Gasteiger partial charge >= 0.3 is 6.09 Å². The second-order valence-corrected chi connectivity index (χ2v) is 6.08. The largest absolute Gasteiger partial charge is 0.465 e. The molecule has 1 aromatic rings. The summed E-state index contributed by atoms with van der Waals surface area (Å²) >= 11 is 3.27. The zero-order valence-corrected chi connectivity index (χ0v) is 13.6. The summed E-state index contributed by atoms with van der Waals surface area (Å²) in [5.41, 5.74) is 0.449. The van der Waals surface area contributed by atoms with Crippen molar-refractivity contribution in [3.63, 3.8) is 0 Å². The van der Waals surface area contributed by atoms with Gasteiger partial charge in [-0.2, -0.15) is 5.26 Å². The highest BCUT2D eigenvalue weighted by Crippen LogP contribution is 2.23. The van der Waals surface area contributed by atoms with E-state index in [0.717, 1.165) is 9.37 Å². The average Bonchev–Trinajstić information content (AvgIpc) is 2.97. The van der Waals surface area contributed by atoms with Crippen molar-refractivity contribution in [3.05, 3.63) is 34.3 Å². The van der Waals surface area contributed by atoms with Gasteiger partial charge in [-0.15, -0.1) is 0 Å². The Labute approximate surface area is 141 Å². The first kappa shape index (κ1) is 17.0. The topological polar surface area (TPSA) is 111 Å². The Hall–Kier alpha value is -2.40. The lowest BCUT2D eigenvalue weighted by Crippen LogP contribution is -2.46. The van der Waals surface area contributed by atoms with E-state index in [0.29, 0.717) is 5.56 Å². The third-order valence-electron chi connectivity index (χ3n) is 3.62. The lowest BCUT2D eigenvalue weighted by Gasteiger charge is -2.20. The number of ketones is 1. The first-order valence-electron chi connectivity index (χ1n) is 6.88. The molecule has 0 aliphatic carbocycles. The number of likely N-dealkylation sites (tertiary alicyclic amines) is 1. The van der Waals surface area contributed by atoms with Crippen LogP contribution in [0.1, 0.15) is 16.8 Å². The van der Waals surface area contributed by atoms with Gasteiger partial charge in [0.15, 0.2) is 5.78 Å². The van der Waals surface area contributed by atoms with Crippen LogP contribution < -0.4 is 5.32 Å². The number of carbonyl (C=O) groups is 3. The van der Waals surface area contributed by atoms with E-state index in [2.05, 4.69) is 21.2 Å². The molecule has 0 bridgehead atoms. The van der Waals surface area contributed by atoms with Crippen LogP contribution in [0.15, 0.2) is 28.7 Å². The van der Waals surface area contributed by atoms with Gasteiger partial charge in [-0.3, -0.25) is 14.5 Å². The molecule has 2 N–H and O–H groups in total. The standard InChI is InChI=1S/C15H14BrN3O4/c16-11-3-1-10(2-4-11)13(20)7-18-14(21)12-5-9(6-17)8-19(12)15(22)23/h1-4,9,12H,5,7-8H2,(H,18,21)(H,22,23). The molecule has 0 spiro atoms. The molecular weight excluding hydrogens is 366 g/mol. The molecule has 0 saturated carbocycles. The predicted octanol–water partition coefficient (Wildman–Crippen LogP) is 1.64. The van der Waals surface area contributed by atoms with E-state index in [-0.39, 0.29) is 25.3 Å². The summed E-state index contributed by atoms with van der Waals surface area (Å²) in [4.78, 5) is 36.2. The van der Waals surface area contributed by atoms with E-state index in [9.17, 15) is 14.4 Å². The quantitative estimate of drug-likeness (QED) is 0.772. The van der Waals surface area contributed by atoms with Gasteiger partial charge in [0.2, 0.25) is 5.91 Å². The van der Waals surface area contributed by atoms with Crippen LogP contribution >= 0.6 is 15.9 Å². The number of hydrogen-bond acceptors (Lipinski definition) is 4. The van der Waals surface area contributed by atoms with Crippen molar-refractivity contribution in [3.8, 4) is 6.07 Å². The van der Waals surface area contributed by atoms with Crippen molar-refractivity contribution >= 4 is 33.7 Å². The maximum absolute atomic E-state index is 12.1. The van der Waals surface area contributed by atoms with E-state index < -0.39 is 24.0 Å². The molecule has 1 saturated heterocycles. The van der Waals surface area contributed by atoms with Gasteiger partial charge in [0.1, 0.15) is 6.04 Å². The Morgan fingerprint density at radius 2 is 2.00 bits per heavy atom. The molecule has 2 unspecified atom stereocenters. The van der Waals surface area contributed by atoms with Gasteiger partial charge in [-0.1, -0.05) is 28.1 Å². The van der Waals surface area contributed by atoms with Crippen molar-refractivity contribution in [2.75, 3.05) is 13.1 Å². The second-order valence-electron chi connectivity index (χ2n) is 5.16. The number of benzene rings is 1. The number of hydrogen-bond donors (Lipinski definition) is 2. The average molecular weight is 380 g/mol. The minimum absolute atomic E-state index is 0.00454. The Morgan fingerprint density at radius 3 is 2.57 bits per heavy atom. The SMILES string of the molecule is N#CC1CC(C(=O)NCC(=O)c2ccc(Br)cc2)N(C(=O)O)C1. The number of nitrogens with one attached hydrogen (secondary N) is 1. The van der Waals surface area contributed by atoms with Crippen LogP contribution in [0.4, 0.5) is 4.79 Å². The van der Waals surface area contributed by atoms with Crippen molar-refractivity contribution in [1.82, 2.24) is 10.2 Å². The normalized spacial score (nSPS) is 19.9. The Kier molecular flexibility index (Phi) is 5.34. The van der Waals surface area contributed by atoms with Crippen LogP contribution in [0.25, 0.3) is 0 Å². The lowest BCUT2D eigenvalue weighted by molar-refractivity contribution is -0.124. The van der Waals surface area contributed by atoms with Crippen LogP contribution in [0.2, 0.25) is 0 Å². The number of carbonyl (C=O) groups excluding carboxylic acids is 2. The van der Waals surface area contributed by atoms with Gasteiger partial charge in [0.05, 0.1) is 18.5 Å². The monoisotopic (exact) mass is 379 g/mol. The first-order valence-corrected chi connectivity index (χ1v) is 7.67. The maximum atomic E-state index is 12.1. The number of Topliss-reactive ketones (excluding diaryl/α,β-unsaturated/α-hetero) is 1. The number of amides is 2. The molecule has 0 aromatic heterocycles. The summed E-state index contributed by atoms with van der Waals surface area (Å²) < 4.78 is 0.837. The van der Waals surface area contributed by atoms with Crippen LogP contribution in [0, 0.1) is 17.2 Å². The summed E-state index contributed by atoms with van der Waals surface area (Å²) in [7, 11) is 0. The zero-order valence-electron chi connectivity index (χ0n) is 12.0. The van der Waals surface area contributed by atoms with Crippen LogP contribution in [0.3, 0.4) is 0 Å². The molecule has 8 heteroatoms. The van der Waals surface area contributed by atoms with E-state index in [1.54, 1.807) is 24.3 Å². The van der Waals surface area contributed by atoms with E-state index in [1.165, 1.54) is 0 Å². The molecule has 1 aliphatic heterocycles. The Morgan fingerprint density at radius 1 is 1.35 bits per heavy atom. The zero-order chi connectivity index (χ0) is 17.0. The fraction of sp³-hybridized carbons (Fsp3) is 0.333. The van der Waals surface area contributed by atoms with Crippen molar-refractivity contribution in [1.29, 1.82) is 5.26 Å².